The van der Waals surface area contributed by atoms with Gasteiger partial charge in [0.05, 0.1) is 6.10 Å². The van der Waals surface area contributed by atoms with Crippen molar-refractivity contribution in [3.05, 3.63) is 29.8 Å². The third kappa shape index (κ3) is 4.90. The van der Waals surface area contributed by atoms with Gasteiger partial charge in [-0.1, -0.05) is 32.4 Å². The molecule has 2 unspecified atom stereocenters. The quantitative estimate of drug-likeness (QED) is 0.783. The highest BCUT2D eigenvalue weighted by Gasteiger charge is 2.29. The van der Waals surface area contributed by atoms with E-state index in [2.05, 4.69) is 0 Å². The van der Waals surface area contributed by atoms with Gasteiger partial charge in [0.25, 0.3) is 0 Å². The average Bonchev–Trinajstić information content (AvgIpc) is 2.27. The topological polar surface area (TPSA) is 20.2 Å². The Hall–Kier alpha value is -0.680. The predicted molar refractivity (Wildman–Crippen MR) is 67.4 cm³/mol. The molecule has 1 nitrogen and oxygen atoms in total. The van der Waals surface area contributed by atoms with Crippen LogP contribution in [0, 0.1) is 5.92 Å². The highest BCUT2D eigenvalue weighted by molar-refractivity contribution is 8.00. The van der Waals surface area contributed by atoms with Gasteiger partial charge in [0.15, 0.2) is 0 Å². The van der Waals surface area contributed by atoms with E-state index in [9.17, 15) is 18.3 Å². The molecule has 0 saturated heterocycles. The second-order valence-electron chi connectivity index (χ2n) is 4.33. The fourth-order valence-corrected chi connectivity index (χ4v) is 2.35. The molecule has 1 N–H and O–H groups in total. The molecule has 0 aliphatic carbocycles. The van der Waals surface area contributed by atoms with Crippen molar-refractivity contribution >= 4 is 11.8 Å². The van der Waals surface area contributed by atoms with Crippen LogP contribution in [0.4, 0.5) is 13.2 Å². The zero-order valence-corrected chi connectivity index (χ0v) is 11.2. The van der Waals surface area contributed by atoms with Crippen LogP contribution >= 0.6 is 11.8 Å². The Morgan fingerprint density at radius 2 is 1.78 bits per heavy atom. The molecule has 102 valence electrons. The number of halogens is 3. The summed E-state index contributed by atoms with van der Waals surface area (Å²) in [6, 6.07) is 5.92. The molecule has 1 rings (SSSR count). The van der Waals surface area contributed by atoms with Crippen molar-refractivity contribution in [1.82, 2.24) is 0 Å². The highest BCUT2D eigenvalue weighted by Crippen LogP contribution is 2.37. The van der Waals surface area contributed by atoms with E-state index in [0.717, 1.165) is 12.8 Å². The van der Waals surface area contributed by atoms with E-state index in [1.165, 1.54) is 12.1 Å². The van der Waals surface area contributed by atoms with E-state index < -0.39 is 11.6 Å². The average molecular weight is 278 g/mol. The highest BCUT2D eigenvalue weighted by atomic mass is 32.2. The van der Waals surface area contributed by atoms with E-state index in [4.69, 9.17) is 0 Å². The van der Waals surface area contributed by atoms with E-state index in [-0.39, 0.29) is 22.6 Å². The summed E-state index contributed by atoms with van der Waals surface area (Å²) in [4.78, 5) is 0.140. The Kier molecular flexibility index (Phi) is 5.53. The van der Waals surface area contributed by atoms with Crippen molar-refractivity contribution in [2.45, 2.75) is 43.2 Å². The monoisotopic (exact) mass is 278 g/mol. The van der Waals surface area contributed by atoms with Crippen LogP contribution in [0.5, 0.6) is 0 Å². The standard InChI is InChI=1S/C13H17F3OS/c1-3-4-9(2)12(17)10-5-7-11(8-6-10)18-13(14,15)16/h5-9,12,17H,3-4H2,1-2H3. The van der Waals surface area contributed by atoms with Gasteiger partial charge in [0.1, 0.15) is 0 Å². The molecule has 0 aliphatic rings. The maximum Gasteiger partial charge on any atom is 0.446 e. The minimum Gasteiger partial charge on any atom is -0.388 e. The van der Waals surface area contributed by atoms with Crippen molar-refractivity contribution < 1.29 is 18.3 Å². The van der Waals surface area contributed by atoms with Crippen LogP contribution in [0.15, 0.2) is 29.2 Å². The summed E-state index contributed by atoms with van der Waals surface area (Å²) < 4.78 is 36.4. The fourth-order valence-electron chi connectivity index (χ4n) is 1.81. The summed E-state index contributed by atoms with van der Waals surface area (Å²) in [7, 11) is 0. The second kappa shape index (κ2) is 6.48. The van der Waals surface area contributed by atoms with Crippen molar-refractivity contribution in [3.8, 4) is 0 Å². The Morgan fingerprint density at radius 3 is 2.22 bits per heavy atom. The molecule has 18 heavy (non-hydrogen) atoms. The predicted octanol–water partition coefficient (Wildman–Crippen LogP) is 4.77. The van der Waals surface area contributed by atoms with Gasteiger partial charge in [-0.05, 0) is 41.8 Å². The van der Waals surface area contributed by atoms with Crippen molar-refractivity contribution in [2.24, 2.45) is 5.92 Å². The maximum atomic E-state index is 12.1. The lowest BCUT2D eigenvalue weighted by Crippen LogP contribution is -2.08. The second-order valence-corrected chi connectivity index (χ2v) is 5.47. The molecule has 0 radical (unpaired) electrons. The van der Waals surface area contributed by atoms with Crippen LogP contribution in [0.25, 0.3) is 0 Å². The van der Waals surface area contributed by atoms with Crippen LogP contribution < -0.4 is 0 Å². The molecule has 2 atom stereocenters. The number of thioether (sulfide) groups is 1. The molecule has 0 spiro atoms. The Balaban J connectivity index is 2.70. The number of hydrogen-bond donors (Lipinski definition) is 1. The molecule has 0 aliphatic heterocycles. The lowest BCUT2D eigenvalue weighted by molar-refractivity contribution is -0.0328. The van der Waals surface area contributed by atoms with Crippen LogP contribution in [-0.2, 0) is 0 Å². The van der Waals surface area contributed by atoms with Crippen LogP contribution in [0.3, 0.4) is 0 Å². The SMILES string of the molecule is CCCC(C)C(O)c1ccc(SC(F)(F)F)cc1. The van der Waals surface area contributed by atoms with E-state index in [0.29, 0.717) is 5.56 Å². The first-order valence-electron chi connectivity index (χ1n) is 5.87. The van der Waals surface area contributed by atoms with E-state index >= 15 is 0 Å². The van der Waals surface area contributed by atoms with Gasteiger partial charge in [0.2, 0.25) is 0 Å². The number of aliphatic hydroxyl groups is 1. The van der Waals surface area contributed by atoms with Crippen molar-refractivity contribution in [2.75, 3.05) is 0 Å². The third-order valence-electron chi connectivity index (χ3n) is 2.74. The number of aliphatic hydroxyl groups excluding tert-OH is 1. The first-order chi connectivity index (χ1) is 8.33. The summed E-state index contributed by atoms with van der Waals surface area (Å²) in [5.74, 6) is 0.108. The molecule has 0 fully saturated rings. The van der Waals surface area contributed by atoms with Gasteiger partial charge in [-0.25, -0.2) is 0 Å². The Bertz CT molecular complexity index is 361. The lowest BCUT2D eigenvalue weighted by atomic mass is 9.94. The normalized spacial score (nSPS) is 15.4. The number of hydrogen-bond acceptors (Lipinski definition) is 2. The summed E-state index contributed by atoms with van der Waals surface area (Å²) >= 11 is -0.142. The smallest absolute Gasteiger partial charge is 0.388 e. The zero-order chi connectivity index (χ0) is 13.8. The number of rotatable bonds is 5. The molecule has 0 saturated carbocycles. The van der Waals surface area contributed by atoms with Gasteiger partial charge in [-0.3, -0.25) is 0 Å². The van der Waals surface area contributed by atoms with Crippen LogP contribution in [0.2, 0.25) is 0 Å². The molecule has 0 bridgehead atoms. The van der Waals surface area contributed by atoms with Gasteiger partial charge >= 0.3 is 5.51 Å². The van der Waals surface area contributed by atoms with E-state index in [1.807, 2.05) is 13.8 Å². The van der Waals surface area contributed by atoms with Gasteiger partial charge in [-0.2, -0.15) is 13.2 Å². The summed E-state index contributed by atoms with van der Waals surface area (Å²) in [5, 5.41) is 10.0. The lowest BCUT2D eigenvalue weighted by Gasteiger charge is -2.18. The maximum absolute atomic E-state index is 12.1. The Labute approximate surface area is 109 Å². The molecule has 1 aromatic carbocycles. The zero-order valence-electron chi connectivity index (χ0n) is 10.4. The molecule has 0 heterocycles. The molecule has 5 heteroatoms. The number of benzene rings is 1. The summed E-state index contributed by atoms with van der Waals surface area (Å²) in [6.07, 6.45) is 1.25. The molecular formula is C13H17F3OS. The first kappa shape index (κ1) is 15.4. The van der Waals surface area contributed by atoms with E-state index in [1.54, 1.807) is 12.1 Å². The van der Waals surface area contributed by atoms with Gasteiger partial charge in [0, 0.05) is 4.90 Å². The Morgan fingerprint density at radius 1 is 1.22 bits per heavy atom. The molecule has 1 aromatic rings. The molecular weight excluding hydrogens is 261 g/mol. The van der Waals surface area contributed by atoms with Crippen LogP contribution in [-0.4, -0.2) is 10.6 Å². The van der Waals surface area contributed by atoms with Gasteiger partial charge in [-0.15, -0.1) is 0 Å². The molecule has 0 aromatic heterocycles. The summed E-state index contributed by atoms with van der Waals surface area (Å²) in [6.45, 7) is 3.97. The third-order valence-corrected chi connectivity index (χ3v) is 3.48. The number of alkyl halides is 3. The van der Waals surface area contributed by atoms with Crippen LogP contribution in [0.1, 0.15) is 38.4 Å². The van der Waals surface area contributed by atoms with Gasteiger partial charge < -0.3 is 5.11 Å². The fraction of sp³-hybridized carbons (Fsp3) is 0.538. The summed E-state index contributed by atoms with van der Waals surface area (Å²) in [5.41, 5.74) is -3.60. The minimum atomic E-state index is -4.27. The first-order valence-corrected chi connectivity index (χ1v) is 6.69. The largest absolute Gasteiger partial charge is 0.446 e. The minimum absolute atomic E-state index is 0.108. The van der Waals surface area contributed by atoms with Crippen molar-refractivity contribution in [1.29, 1.82) is 0 Å². The van der Waals surface area contributed by atoms with Crippen molar-refractivity contribution in [3.63, 3.8) is 0 Å². The molecule has 0 amide bonds.